The van der Waals surface area contributed by atoms with Gasteiger partial charge in [0.2, 0.25) is 0 Å². The number of pyridine rings is 1. The summed E-state index contributed by atoms with van der Waals surface area (Å²) in [6.45, 7) is 4.45. The summed E-state index contributed by atoms with van der Waals surface area (Å²) in [7, 11) is 0. The summed E-state index contributed by atoms with van der Waals surface area (Å²) in [5.41, 5.74) is 1.25. The molecule has 0 radical (unpaired) electrons. The van der Waals surface area contributed by atoms with Crippen molar-refractivity contribution < 1.29 is 0 Å². The maximum atomic E-state index is 5.76. The van der Waals surface area contributed by atoms with Crippen molar-refractivity contribution in [3.05, 3.63) is 29.0 Å². The lowest BCUT2D eigenvalue weighted by Crippen LogP contribution is -2.39. The summed E-state index contributed by atoms with van der Waals surface area (Å²) in [5.74, 6) is 2.48. The molecule has 2 nitrogen and oxygen atoms in total. The molecule has 0 aliphatic carbocycles. The minimum absolute atomic E-state index is 0.570. The molecule has 0 amide bonds. The highest BCUT2D eigenvalue weighted by molar-refractivity contribution is 7.99. The molecule has 1 aromatic heterocycles. The van der Waals surface area contributed by atoms with Gasteiger partial charge in [-0.05, 0) is 18.6 Å². The van der Waals surface area contributed by atoms with Crippen LogP contribution in [0.4, 0.5) is 0 Å². The first kappa shape index (κ1) is 11.2. The molecule has 1 saturated heterocycles. The van der Waals surface area contributed by atoms with Crippen molar-refractivity contribution in [1.29, 1.82) is 0 Å². The van der Waals surface area contributed by atoms with Gasteiger partial charge in [-0.25, -0.2) is 4.98 Å². The van der Waals surface area contributed by atoms with Gasteiger partial charge in [-0.15, -0.1) is 0 Å². The highest BCUT2D eigenvalue weighted by atomic mass is 35.5. The van der Waals surface area contributed by atoms with Gasteiger partial charge in [-0.2, -0.15) is 11.8 Å². The molecule has 1 atom stereocenters. The molecular weight excluding hydrogens is 228 g/mol. The van der Waals surface area contributed by atoms with E-state index in [2.05, 4.69) is 22.9 Å². The van der Waals surface area contributed by atoms with Crippen molar-refractivity contribution in [2.45, 2.75) is 19.5 Å². The zero-order valence-corrected chi connectivity index (χ0v) is 10.4. The van der Waals surface area contributed by atoms with Crippen LogP contribution in [0, 0.1) is 0 Å². The van der Waals surface area contributed by atoms with Crippen LogP contribution in [0.3, 0.4) is 0 Å². The molecule has 1 unspecified atom stereocenters. The van der Waals surface area contributed by atoms with E-state index in [4.69, 9.17) is 11.6 Å². The minimum atomic E-state index is 0.570. The van der Waals surface area contributed by atoms with Crippen molar-refractivity contribution in [2.75, 3.05) is 18.1 Å². The quantitative estimate of drug-likeness (QED) is 0.742. The molecule has 0 bridgehead atoms. The summed E-state index contributed by atoms with van der Waals surface area (Å²) in [4.78, 5) is 6.60. The molecule has 1 aliphatic rings. The standard InChI is InChI=1S/C11H15ClN2S/c1-9-8-15-5-4-14(9)7-10-2-3-11(12)13-6-10/h2-3,6,9H,4-5,7-8H2,1H3. The van der Waals surface area contributed by atoms with Gasteiger partial charge in [0.05, 0.1) is 0 Å². The number of halogens is 1. The van der Waals surface area contributed by atoms with E-state index in [9.17, 15) is 0 Å². The van der Waals surface area contributed by atoms with Gasteiger partial charge in [0, 0.05) is 36.8 Å². The van der Waals surface area contributed by atoms with Crippen LogP contribution in [-0.2, 0) is 6.54 Å². The van der Waals surface area contributed by atoms with Crippen LogP contribution in [-0.4, -0.2) is 34.0 Å². The van der Waals surface area contributed by atoms with Crippen LogP contribution in [0.1, 0.15) is 12.5 Å². The molecule has 0 spiro atoms. The van der Waals surface area contributed by atoms with Gasteiger partial charge in [-0.3, -0.25) is 4.90 Å². The van der Waals surface area contributed by atoms with Gasteiger partial charge < -0.3 is 0 Å². The topological polar surface area (TPSA) is 16.1 Å². The summed E-state index contributed by atoms with van der Waals surface area (Å²) < 4.78 is 0. The molecule has 0 saturated carbocycles. The Kier molecular flexibility index (Phi) is 3.89. The summed E-state index contributed by atoms with van der Waals surface area (Å²) >= 11 is 7.80. The number of aromatic nitrogens is 1. The van der Waals surface area contributed by atoms with Crippen molar-refractivity contribution in [3.63, 3.8) is 0 Å². The molecule has 82 valence electrons. The van der Waals surface area contributed by atoms with E-state index in [0.717, 1.165) is 6.54 Å². The Hall–Kier alpha value is -0.250. The van der Waals surface area contributed by atoms with Gasteiger partial charge in [0.1, 0.15) is 5.15 Å². The van der Waals surface area contributed by atoms with Crippen molar-refractivity contribution >= 4 is 23.4 Å². The number of hydrogen-bond donors (Lipinski definition) is 0. The van der Waals surface area contributed by atoms with E-state index < -0.39 is 0 Å². The minimum Gasteiger partial charge on any atom is -0.295 e. The van der Waals surface area contributed by atoms with E-state index in [1.807, 2.05) is 24.0 Å². The fraction of sp³-hybridized carbons (Fsp3) is 0.545. The van der Waals surface area contributed by atoms with Crippen LogP contribution < -0.4 is 0 Å². The Morgan fingerprint density at radius 2 is 2.47 bits per heavy atom. The number of thioether (sulfide) groups is 1. The van der Waals surface area contributed by atoms with E-state index in [-0.39, 0.29) is 0 Å². The monoisotopic (exact) mass is 242 g/mol. The Morgan fingerprint density at radius 3 is 3.13 bits per heavy atom. The number of rotatable bonds is 2. The first-order valence-corrected chi connectivity index (χ1v) is 6.71. The lowest BCUT2D eigenvalue weighted by Gasteiger charge is -2.32. The predicted molar refractivity (Wildman–Crippen MR) is 66.4 cm³/mol. The van der Waals surface area contributed by atoms with Crippen LogP contribution >= 0.6 is 23.4 Å². The molecule has 15 heavy (non-hydrogen) atoms. The third-order valence-corrected chi connectivity index (χ3v) is 4.09. The van der Waals surface area contributed by atoms with Crippen LogP contribution in [0.15, 0.2) is 18.3 Å². The number of nitrogens with zero attached hydrogens (tertiary/aromatic N) is 2. The largest absolute Gasteiger partial charge is 0.295 e. The van der Waals surface area contributed by atoms with Gasteiger partial charge >= 0.3 is 0 Å². The molecule has 0 aromatic carbocycles. The second kappa shape index (κ2) is 5.19. The van der Waals surface area contributed by atoms with E-state index >= 15 is 0 Å². The molecule has 4 heteroatoms. The number of hydrogen-bond acceptors (Lipinski definition) is 3. The lowest BCUT2D eigenvalue weighted by molar-refractivity contribution is 0.223. The molecular formula is C11H15ClN2S. The second-order valence-corrected chi connectivity index (χ2v) is 5.42. The molecule has 0 N–H and O–H groups in total. The van der Waals surface area contributed by atoms with E-state index in [1.54, 1.807) is 0 Å². The van der Waals surface area contributed by atoms with Crippen molar-refractivity contribution in [2.24, 2.45) is 0 Å². The molecule has 2 rings (SSSR count). The fourth-order valence-corrected chi connectivity index (χ4v) is 2.92. The normalized spacial score (nSPS) is 22.9. The van der Waals surface area contributed by atoms with Crippen LogP contribution in [0.2, 0.25) is 5.15 Å². The van der Waals surface area contributed by atoms with Gasteiger partial charge in [0.25, 0.3) is 0 Å². The molecule has 2 heterocycles. The van der Waals surface area contributed by atoms with E-state index in [0.29, 0.717) is 11.2 Å². The maximum absolute atomic E-state index is 5.76. The lowest BCUT2D eigenvalue weighted by atomic mass is 10.2. The predicted octanol–water partition coefficient (Wildman–Crippen LogP) is 2.67. The summed E-state index contributed by atoms with van der Waals surface area (Å²) in [6, 6.07) is 4.59. The molecule has 1 fully saturated rings. The van der Waals surface area contributed by atoms with Crippen molar-refractivity contribution in [3.8, 4) is 0 Å². The Morgan fingerprint density at radius 1 is 1.60 bits per heavy atom. The van der Waals surface area contributed by atoms with Gasteiger partial charge in [0.15, 0.2) is 0 Å². The molecule has 1 aliphatic heterocycles. The summed E-state index contributed by atoms with van der Waals surface area (Å²) in [5, 5.41) is 0.570. The fourth-order valence-electron chi connectivity index (χ4n) is 1.73. The van der Waals surface area contributed by atoms with Crippen molar-refractivity contribution in [1.82, 2.24) is 9.88 Å². The van der Waals surface area contributed by atoms with Gasteiger partial charge in [-0.1, -0.05) is 17.7 Å². The van der Waals surface area contributed by atoms with Crippen LogP contribution in [0.25, 0.3) is 0 Å². The van der Waals surface area contributed by atoms with E-state index in [1.165, 1.54) is 23.6 Å². The SMILES string of the molecule is CC1CSCCN1Cc1ccc(Cl)nc1. The summed E-state index contributed by atoms with van der Waals surface area (Å²) in [6.07, 6.45) is 1.87. The molecule has 1 aromatic rings. The Balaban J connectivity index is 1.98. The first-order valence-electron chi connectivity index (χ1n) is 5.18. The second-order valence-electron chi connectivity index (χ2n) is 3.88. The Bertz CT molecular complexity index is 315. The zero-order valence-electron chi connectivity index (χ0n) is 8.82. The highest BCUT2D eigenvalue weighted by Gasteiger charge is 2.18. The Labute approximate surface area is 100 Å². The third-order valence-electron chi connectivity index (χ3n) is 2.68. The maximum Gasteiger partial charge on any atom is 0.129 e. The average Bonchev–Trinajstić information content (AvgIpc) is 2.25. The first-order chi connectivity index (χ1) is 7.25. The third kappa shape index (κ3) is 3.10. The average molecular weight is 243 g/mol. The highest BCUT2D eigenvalue weighted by Crippen LogP contribution is 2.18. The smallest absolute Gasteiger partial charge is 0.129 e. The van der Waals surface area contributed by atoms with Crippen LogP contribution in [0.5, 0.6) is 0 Å². The zero-order chi connectivity index (χ0) is 10.7.